The number of unbranched alkanes of at least 4 members (excludes halogenated alkanes) is 1. The molecule has 0 radical (unpaired) electrons. The number of hydrogen-bond acceptors (Lipinski definition) is 4. The molecule has 0 saturated heterocycles. The summed E-state index contributed by atoms with van der Waals surface area (Å²) in [5, 5.41) is 12.1. The van der Waals surface area contributed by atoms with Crippen molar-refractivity contribution < 1.29 is 14.6 Å². The Balaban J connectivity index is 2.39. The molecular weight excluding hydrogens is 268 g/mol. The van der Waals surface area contributed by atoms with Gasteiger partial charge < -0.3 is 20.1 Å². The Morgan fingerprint density at radius 2 is 1.95 bits per heavy atom. The first-order valence-electron chi connectivity index (χ1n) is 7.20. The number of ether oxygens (including phenoxy) is 1. The lowest BCUT2D eigenvalue weighted by Gasteiger charge is -2.25. The van der Waals surface area contributed by atoms with Gasteiger partial charge >= 0.3 is 5.97 Å². The molecule has 0 aliphatic heterocycles. The van der Waals surface area contributed by atoms with Crippen LogP contribution in [0.3, 0.4) is 0 Å². The van der Waals surface area contributed by atoms with E-state index in [2.05, 4.69) is 10.2 Å². The van der Waals surface area contributed by atoms with E-state index in [0.717, 1.165) is 30.8 Å². The molecule has 0 aliphatic carbocycles. The third kappa shape index (κ3) is 4.93. The van der Waals surface area contributed by atoms with Gasteiger partial charge in [-0.2, -0.15) is 0 Å². The van der Waals surface area contributed by atoms with Crippen molar-refractivity contribution in [2.75, 3.05) is 32.6 Å². The van der Waals surface area contributed by atoms with Crippen LogP contribution in [-0.4, -0.2) is 44.4 Å². The number of carbonyl (C=O) groups is 1. The van der Waals surface area contributed by atoms with Crippen molar-refractivity contribution in [1.82, 2.24) is 5.32 Å². The number of benzene rings is 1. The van der Waals surface area contributed by atoms with E-state index >= 15 is 0 Å². The van der Waals surface area contributed by atoms with Crippen LogP contribution in [0.15, 0.2) is 24.3 Å². The van der Waals surface area contributed by atoms with Gasteiger partial charge in [0.2, 0.25) is 0 Å². The van der Waals surface area contributed by atoms with Gasteiger partial charge in [0.05, 0.1) is 7.11 Å². The molecule has 1 aromatic rings. The van der Waals surface area contributed by atoms with Crippen LogP contribution < -0.4 is 15.0 Å². The van der Waals surface area contributed by atoms with Crippen molar-refractivity contribution >= 4 is 11.7 Å². The van der Waals surface area contributed by atoms with Crippen LogP contribution in [-0.2, 0) is 4.79 Å². The van der Waals surface area contributed by atoms with Crippen LogP contribution in [0.25, 0.3) is 0 Å². The average Bonchev–Trinajstić information content (AvgIpc) is 2.50. The van der Waals surface area contributed by atoms with E-state index in [1.807, 2.05) is 31.3 Å². The molecule has 1 unspecified atom stereocenters. The second kappa shape index (κ2) is 7.88. The van der Waals surface area contributed by atoms with Crippen molar-refractivity contribution in [1.29, 1.82) is 0 Å². The molecule has 5 heteroatoms. The summed E-state index contributed by atoms with van der Waals surface area (Å²) in [5.74, 6) is 0.0481. The number of methoxy groups -OCH3 is 1. The molecular formula is C16H26N2O3. The van der Waals surface area contributed by atoms with Gasteiger partial charge in [0.1, 0.15) is 11.3 Å². The molecule has 0 saturated carbocycles. The van der Waals surface area contributed by atoms with Crippen LogP contribution >= 0.6 is 0 Å². The van der Waals surface area contributed by atoms with Crippen molar-refractivity contribution in [2.24, 2.45) is 0 Å². The Hall–Kier alpha value is -1.75. The van der Waals surface area contributed by atoms with Crippen molar-refractivity contribution in [2.45, 2.75) is 31.7 Å². The highest BCUT2D eigenvalue weighted by Crippen LogP contribution is 2.19. The fourth-order valence-electron chi connectivity index (χ4n) is 2.13. The zero-order valence-electron chi connectivity index (χ0n) is 13.3. The molecule has 0 aliphatic rings. The number of likely N-dealkylation sites (N-methyl/N-ethyl adjacent to an activating group) is 1. The molecule has 118 valence electrons. The summed E-state index contributed by atoms with van der Waals surface area (Å²) < 4.78 is 5.14. The molecule has 0 bridgehead atoms. The molecule has 0 aromatic heterocycles. The molecule has 0 amide bonds. The summed E-state index contributed by atoms with van der Waals surface area (Å²) in [6, 6.07) is 7.92. The third-order valence-electron chi connectivity index (χ3n) is 3.96. The van der Waals surface area contributed by atoms with Gasteiger partial charge in [-0.3, -0.25) is 4.79 Å². The number of aliphatic carboxylic acids is 1. The molecule has 0 spiro atoms. The van der Waals surface area contributed by atoms with Gasteiger partial charge in [0.15, 0.2) is 0 Å². The lowest BCUT2D eigenvalue weighted by atomic mass is 9.95. The number of anilines is 1. The van der Waals surface area contributed by atoms with Crippen LogP contribution in [0.2, 0.25) is 0 Å². The summed E-state index contributed by atoms with van der Waals surface area (Å²) >= 11 is 0. The maximum absolute atomic E-state index is 11.2. The van der Waals surface area contributed by atoms with E-state index < -0.39 is 11.5 Å². The fourth-order valence-corrected chi connectivity index (χ4v) is 2.13. The largest absolute Gasteiger partial charge is 0.497 e. The van der Waals surface area contributed by atoms with Gasteiger partial charge in [-0.15, -0.1) is 0 Å². The van der Waals surface area contributed by atoms with E-state index in [-0.39, 0.29) is 0 Å². The molecule has 1 aromatic carbocycles. The highest BCUT2D eigenvalue weighted by molar-refractivity contribution is 5.78. The number of rotatable bonds is 9. The minimum Gasteiger partial charge on any atom is -0.497 e. The predicted octanol–water partition coefficient (Wildman–Crippen LogP) is 2.36. The number of hydrogen-bond donors (Lipinski definition) is 2. The lowest BCUT2D eigenvalue weighted by molar-refractivity contribution is -0.144. The molecule has 5 nitrogen and oxygen atoms in total. The summed E-state index contributed by atoms with van der Waals surface area (Å²) in [7, 11) is 5.38. The number of carboxylic acids is 1. The SMILES string of the molecule is CNC(C)(CCCCN(C)c1ccc(OC)cc1)C(=O)O. The van der Waals surface area contributed by atoms with Crippen LogP contribution in [0.1, 0.15) is 26.2 Å². The van der Waals surface area contributed by atoms with Gasteiger partial charge in [-0.1, -0.05) is 0 Å². The second-order valence-electron chi connectivity index (χ2n) is 5.46. The maximum atomic E-state index is 11.2. The van der Waals surface area contributed by atoms with E-state index in [1.54, 1.807) is 21.1 Å². The number of nitrogens with one attached hydrogen (secondary N) is 1. The second-order valence-corrected chi connectivity index (χ2v) is 5.46. The van der Waals surface area contributed by atoms with Gasteiger partial charge in [-0.25, -0.2) is 0 Å². The zero-order valence-corrected chi connectivity index (χ0v) is 13.3. The van der Waals surface area contributed by atoms with Crippen LogP contribution in [0.5, 0.6) is 5.75 Å². The van der Waals surface area contributed by atoms with Gasteiger partial charge in [0, 0.05) is 19.3 Å². The van der Waals surface area contributed by atoms with Gasteiger partial charge in [-0.05, 0) is 57.5 Å². The van der Waals surface area contributed by atoms with E-state index in [4.69, 9.17) is 4.74 Å². The summed E-state index contributed by atoms with van der Waals surface area (Å²) in [4.78, 5) is 13.3. The lowest BCUT2D eigenvalue weighted by Crippen LogP contribution is -2.47. The third-order valence-corrected chi connectivity index (χ3v) is 3.96. The Morgan fingerprint density at radius 3 is 2.43 bits per heavy atom. The highest BCUT2D eigenvalue weighted by atomic mass is 16.5. The zero-order chi connectivity index (χ0) is 15.9. The fraction of sp³-hybridized carbons (Fsp3) is 0.562. The first kappa shape index (κ1) is 17.3. The maximum Gasteiger partial charge on any atom is 0.323 e. The van der Waals surface area contributed by atoms with Crippen molar-refractivity contribution in [3.63, 3.8) is 0 Å². The Kier molecular flexibility index (Phi) is 6.49. The van der Waals surface area contributed by atoms with Crippen molar-refractivity contribution in [3.05, 3.63) is 24.3 Å². The Morgan fingerprint density at radius 1 is 1.33 bits per heavy atom. The molecule has 1 rings (SSSR count). The van der Waals surface area contributed by atoms with E-state index in [0.29, 0.717) is 6.42 Å². The monoisotopic (exact) mass is 294 g/mol. The molecule has 2 N–H and O–H groups in total. The molecule has 0 fully saturated rings. The Bertz CT molecular complexity index is 447. The summed E-state index contributed by atoms with van der Waals surface area (Å²) in [5.41, 5.74) is 0.295. The summed E-state index contributed by atoms with van der Waals surface area (Å²) in [6.45, 7) is 2.62. The molecule has 21 heavy (non-hydrogen) atoms. The quantitative estimate of drug-likeness (QED) is 0.685. The standard InChI is InChI=1S/C16H26N2O3/c1-16(17-2,15(19)20)11-5-6-12-18(3)13-7-9-14(21-4)10-8-13/h7-10,17H,5-6,11-12H2,1-4H3,(H,19,20). The van der Waals surface area contributed by atoms with Crippen molar-refractivity contribution in [3.8, 4) is 5.75 Å². The molecule has 0 heterocycles. The first-order chi connectivity index (χ1) is 9.92. The first-order valence-corrected chi connectivity index (χ1v) is 7.20. The van der Waals surface area contributed by atoms with E-state index in [9.17, 15) is 9.90 Å². The number of carboxylic acid groups (broad SMARTS) is 1. The normalized spacial score (nSPS) is 13.5. The number of nitrogens with zero attached hydrogens (tertiary/aromatic N) is 1. The van der Waals surface area contributed by atoms with Gasteiger partial charge in [0.25, 0.3) is 0 Å². The molecule has 1 atom stereocenters. The minimum atomic E-state index is -0.835. The van der Waals surface area contributed by atoms with Crippen LogP contribution in [0, 0.1) is 0 Å². The minimum absolute atomic E-state index is 0.620. The summed E-state index contributed by atoms with van der Waals surface area (Å²) in [6.07, 6.45) is 2.44. The smallest absolute Gasteiger partial charge is 0.323 e. The predicted molar refractivity (Wildman–Crippen MR) is 85.2 cm³/mol. The average molecular weight is 294 g/mol. The van der Waals surface area contributed by atoms with Crippen LogP contribution in [0.4, 0.5) is 5.69 Å². The highest BCUT2D eigenvalue weighted by Gasteiger charge is 2.30. The Labute approximate surface area is 126 Å². The van der Waals surface area contributed by atoms with E-state index in [1.165, 1.54) is 0 Å². The topological polar surface area (TPSA) is 61.8 Å².